The second-order valence-electron chi connectivity index (χ2n) is 4.35. The summed E-state index contributed by atoms with van der Waals surface area (Å²) >= 11 is 3.01. The zero-order valence-electron chi connectivity index (χ0n) is 11.6. The number of hydrogen-bond donors (Lipinski definition) is 2. The van der Waals surface area contributed by atoms with Crippen LogP contribution in [0.3, 0.4) is 0 Å². The Bertz CT molecular complexity index is 435. The number of unbranched alkanes of at least 4 members (excludes halogenated alkanes) is 1. The van der Waals surface area contributed by atoms with E-state index in [0.717, 1.165) is 24.3 Å². The molecule has 1 rings (SSSR count). The average Bonchev–Trinajstić information content (AvgIpc) is 2.82. The van der Waals surface area contributed by atoms with Crippen molar-refractivity contribution >= 4 is 40.1 Å². The van der Waals surface area contributed by atoms with Crippen LogP contribution in [0, 0.1) is 0 Å². The molecule has 0 fully saturated rings. The van der Waals surface area contributed by atoms with Crippen LogP contribution in [0.25, 0.3) is 0 Å². The predicted molar refractivity (Wildman–Crippen MR) is 83.6 cm³/mol. The summed E-state index contributed by atoms with van der Waals surface area (Å²) in [6.07, 6.45) is 3.61. The summed E-state index contributed by atoms with van der Waals surface area (Å²) in [6.45, 7) is 2.13. The molecule has 1 amide bonds. The van der Waals surface area contributed by atoms with E-state index < -0.39 is 5.97 Å². The molecule has 7 heteroatoms. The van der Waals surface area contributed by atoms with Crippen molar-refractivity contribution < 1.29 is 14.7 Å². The minimum absolute atomic E-state index is 0.0301. The number of amides is 1. The largest absolute Gasteiger partial charge is 0.481 e. The second-order valence-corrected chi connectivity index (χ2v) is 6.31. The molecule has 0 aromatic carbocycles. The molecular formula is C13H20N2O3S2. The van der Waals surface area contributed by atoms with Crippen molar-refractivity contribution in [1.82, 2.24) is 4.98 Å². The van der Waals surface area contributed by atoms with Crippen LogP contribution >= 0.6 is 23.1 Å². The zero-order valence-corrected chi connectivity index (χ0v) is 13.2. The molecular weight excluding hydrogens is 296 g/mol. The molecule has 0 aliphatic carbocycles. The maximum absolute atomic E-state index is 11.6. The minimum atomic E-state index is -0.794. The average molecular weight is 316 g/mol. The quantitative estimate of drug-likeness (QED) is 0.649. The summed E-state index contributed by atoms with van der Waals surface area (Å²) in [5, 5.41) is 13.8. The highest BCUT2D eigenvalue weighted by Crippen LogP contribution is 2.17. The van der Waals surface area contributed by atoms with Gasteiger partial charge in [0.25, 0.3) is 0 Å². The molecule has 0 saturated carbocycles. The number of nitrogens with zero attached hydrogens (tertiary/aromatic N) is 1. The number of thioether (sulfide) groups is 1. The van der Waals surface area contributed by atoms with Gasteiger partial charge in [-0.15, -0.1) is 11.3 Å². The van der Waals surface area contributed by atoms with Crippen LogP contribution in [-0.2, 0) is 16.0 Å². The van der Waals surface area contributed by atoms with Gasteiger partial charge in [0.1, 0.15) is 0 Å². The topological polar surface area (TPSA) is 79.3 Å². The standard InChI is InChI=1S/C13H20N2O3S2/c1-2-3-7-19-9-11(16)15-13-14-10(8-20-13)5-4-6-12(17)18/h8H,2-7,9H2,1H3,(H,17,18)(H,14,15,16). The first-order chi connectivity index (χ1) is 9.61. The smallest absolute Gasteiger partial charge is 0.303 e. The van der Waals surface area contributed by atoms with Crippen molar-refractivity contribution in [2.45, 2.75) is 39.0 Å². The van der Waals surface area contributed by atoms with Crippen LogP contribution in [0.2, 0.25) is 0 Å². The lowest BCUT2D eigenvalue weighted by atomic mass is 10.2. The van der Waals surface area contributed by atoms with Gasteiger partial charge in [-0.05, 0) is 25.0 Å². The molecule has 0 atom stereocenters. The number of hydrogen-bond acceptors (Lipinski definition) is 5. The molecule has 0 aliphatic heterocycles. The van der Waals surface area contributed by atoms with Crippen LogP contribution in [0.15, 0.2) is 5.38 Å². The molecule has 0 spiro atoms. The highest BCUT2D eigenvalue weighted by Gasteiger charge is 2.07. The Kier molecular flexibility index (Phi) is 8.29. The Balaban J connectivity index is 2.25. The van der Waals surface area contributed by atoms with E-state index in [1.54, 1.807) is 11.8 Å². The van der Waals surface area contributed by atoms with Gasteiger partial charge < -0.3 is 10.4 Å². The highest BCUT2D eigenvalue weighted by atomic mass is 32.2. The fraction of sp³-hybridized carbons (Fsp3) is 0.615. The number of aromatic nitrogens is 1. The number of thiazole rings is 1. The third kappa shape index (κ3) is 7.49. The Labute approximate surface area is 127 Å². The maximum Gasteiger partial charge on any atom is 0.303 e. The summed E-state index contributed by atoms with van der Waals surface area (Å²) in [5.41, 5.74) is 0.838. The van der Waals surface area contributed by atoms with Crippen LogP contribution < -0.4 is 5.32 Å². The summed E-state index contributed by atoms with van der Waals surface area (Å²) in [7, 11) is 0. The van der Waals surface area contributed by atoms with Crippen molar-refractivity contribution in [3.05, 3.63) is 11.1 Å². The predicted octanol–water partition coefficient (Wildman–Crippen LogP) is 3.02. The van der Waals surface area contributed by atoms with E-state index in [9.17, 15) is 9.59 Å². The molecule has 0 aliphatic rings. The van der Waals surface area contributed by atoms with Crippen molar-refractivity contribution in [2.75, 3.05) is 16.8 Å². The Morgan fingerprint density at radius 3 is 2.95 bits per heavy atom. The zero-order chi connectivity index (χ0) is 14.8. The minimum Gasteiger partial charge on any atom is -0.481 e. The van der Waals surface area contributed by atoms with Crippen molar-refractivity contribution in [3.8, 4) is 0 Å². The third-order valence-electron chi connectivity index (χ3n) is 2.50. The van der Waals surface area contributed by atoms with Gasteiger partial charge in [-0.25, -0.2) is 4.98 Å². The van der Waals surface area contributed by atoms with E-state index in [4.69, 9.17) is 5.11 Å². The number of carboxylic acids is 1. The number of aryl methyl sites for hydroxylation is 1. The van der Waals surface area contributed by atoms with E-state index in [2.05, 4.69) is 17.2 Å². The molecule has 1 heterocycles. The van der Waals surface area contributed by atoms with Crippen LogP contribution in [0.5, 0.6) is 0 Å². The number of carbonyl (C=O) groups is 2. The van der Waals surface area contributed by atoms with Gasteiger partial charge in [0.2, 0.25) is 5.91 Å². The van der Waals surface area contributed by atoms with Gasteiger partial charge in [0.05, 0.1) is 11.4 Å². The molecule has 112 valence electrons. The van der Waals surface area contributed by atoms with Gasteiger partial charge in [0.15, 0.2) is 5.13 Å². The van der Waals surface area contributed by atoms with Gasteiger partial charge >= 0.3 is 5.97 Å². The lowest BCUT2D eigenvalue weighted by Crippen LogP contribution is -2.14. The maximum atomic E-state index is 11.6. The summed E-state index contributed by atoms with van der Waals surface area (Å²) < 4.78 is 0. The summed E-state index contributed by atoms with van der Waals surface area (Å²) in [6, 6.07) is 0. The van der Waals surface area contributed by atoms with Crippen molar-refractivity contribution in [2.24, 2.45) is 0 Å². The van der Waals surface area contributed by atoms with Crippen LogP contribution in [-0.4, -0.2) is 33.5 Å². The lowest BCUT2D eigenvalue weighted by Gasteiger charge is -2.01. The molecule has 0 radical (unpaired) electrons. The normalized spacial score (nSPS) is 10.4. The molecule has 0 bridgehead atoms. The second kappa shape index (κ2) is 9.77. The third-order valence-corrected chi connectivity index (χ3v) is 4.35. The molecule has 0 unspecified atom stereocenters. The first-order valence-electron chi connectivity index (χ1n) is 6.65. The van der Waals surface area contributed by atoms with Crippen LogP contribution in [0.4, 0.5) is 5.13 Å². The molecule has 1 aromatic rings. The van der Waals surface area contributed by atoms with E-state index in [0.29, 0.717) is 23.7 Å². The lowest BCUT2D eigenvalue weighted by molar-refractivity contribution is -0.137. The summed E-state index contributed by atoms with van der Waals surface area (Å²) in [5.74, 6) is 0.631. The molecule has 1 aromatic heterocycles. The Morgan fingerprint density at radius 2 is 2.25 bits per heavy atom. The fourth-order valence-corrected chi connectivity index (χ4v) is 3.12. The Hall–Kier alpha value is -1.08. The molecule has 5 nitrogen and oxygen atoms in total. The first-order valence-corrected chi connectivity index (χ1v) is 8.69. The van der Waals surface area contributed by atoms with Gasteiger partial charge in [-0.3, -0.25) is 9.59 Å². The molecule has 0 saturated heterocycles. The van der Waals surface area contributed by atoms with E-state index in [-0.39, 0.29) is 12.3 Å². The van der Waals surface area contributed by atoms with Gasteiger partial charge in [0, 0.05) is 11.8 Å². The monoisotopic (exact) mass is 316 g/mol. The van der Waals surface area contributed by atoms with Crippen LogP contribution in [0.1, 0.15) is 38.3 Å². The van der Waals surface area contributed by atoms with Gasteiger partial charge in [-0.1, -0.05) is 13.3 Å². The molecule has 2 N–H and O–H groups in total. The summed E-state index contributed by atoms with van der Waals surface area (Å²) in [4.78, 5) is 26.3. The van der Waals surface area contributed by atoms with E-state index >= 15 is 0 Å². The number of carbonyl (C=O) groups excluding carboxylic acids is 1. The highest BCUT2D eigenvalue weighted by molar-refractivity contribution is 7.99. The Morgan fingerprint density at radius 1 is 1.45 bits per heavy atom. The van der Waals surface area contributed by atoms with E-state index in [1.165, 1.54) is 11.3 Å². The van der Waals surface area contributed by atoms with Crippen molar-refractivity contribution in [1.29, 1.82) is 0 Å². The number of anilines is 1. The van der Waals surface area contributed by atoms with Gasteiger partial charge in [-0.2, -0.15) is 11.8 Å². The number of nitrogens with one attached hydrogen (secondary N) is 1. The SMILES string of the molecule is CCCCSCC(=O)Nc1nc(CCCC(=O)O)cs1. The number of aliphatic carboxylic acids is 1. The first kappa shape index (κ1) is 17.0. The fourth-order valence-electron chi connectivity index (χ4n) is 1.47. The number of rotatable bonds is 10. The molecule has 20 heavy (non-hydrogen) atoms. The van der Waals surface area contributed by atoms with Crippen molar-refractivity contribution in [3.63, 3.8) is 0 Å². The number of carboxylic acid groups (broad SMARTS) is 1. The van der Waals surface area contributed by atoms with E-state index in [1.807, 2.05) is 5.38 Å².